The maximum Gasteiger partial charge on any atom is 0.241 e. The topological polar surface area (TPSA) is 90.4 Å². The average Bonchev–Trinajstić information content (AvgIpc) is 3.13. The van der Waals surface area contributed by atoms with Crippen LogP contribution in [0.5, 0.6) is 5.75 Å². The Morgan fingerprint density at radius 2 is 2.04 bits per heavy atom. The first-order valence-corrected chi connectivity index (χ1v) is 9.12. The monoisotopic (exact) mass is 401 g/mol. The number of carbonyl (C=O) groups is 1. The zero-order valence-corrected chi connectivity index (χ0v) is 17.1. The van der Waals surface area contributed by atoms with Crippen molar-refractivity contribution in [1.29, 1.82) is 0 Å². The van der Waals surface area contributed by atoms with Gasteiger partial charge in [-0.3, -0.25) is 4.79 Å². The SMILES string of the molecule is CC.COc1c(-c2cnco2)cc(Cl)c(NC(=O)C(N)CC(C)C)c1Cl. The van der Waals surface area contributed by atoms with Crippen LogP contribution in [0.15, 0.2) is 23.1 Å². The van der Waals surface area contributed by atoms with Crippen LogP contribution in [0.1, 0.15) is 34.1 Å². The zero-order valence-electron chi connectivity index (χ0n) is 15.6. The van der Waals surface area contributed by atoms with Gasteiger partial charge in [-0.05, 0) is 18.4 Å². The summed E-state index contributed by atoms with van der Waals surface area (Å²) in [7, 11) is 1.46. The van der Waals surface area contributed by atoms with Gasteiger partial charge in [0, 0.05) is 0 Å². The number of rotatable bonds is 6. The Balaban J connectivity index is 0.00000163. The molecule has 1 aromatic carbocycles. The highest BCUT2D eigenvalue weighted by Gasteiger charge is 2.23. The summed E-state index contributed by atoms with van der Waals surface area (Å²) < 4.78 is 10.6. The number of benzene rings is 1. The fourth-order valence-corrected chi connectivity index (χ4v) is 2.91. The number of nitrogens with zero attached hydrogens (tertiary/aromatic N) is 1. The van der Waals surface area contributed by atoms with Crippen molar-refractivity contribution in [2.75, 3.05) is 12.4 Å². The van der Waals surface area contributed by atoms with Crippen molar-refractivity contribution in [3.8, 4) is 17.1 Å². The predicted molar refractivity (Wildman–Crippen MR) is 106 cm³/mol. The Morgan fingerprint density at radius 3 is 2.54 bits per heavy atom. The van der Waals surface area contributed by atoms with E-state index in [1.807, 2.05) is 27.7 Å². The first kappa shape index (κ1) is 22.3. The molecule has 0 saturated carbocycles. The molecule has 2 rings (SSSR count). The molecule has 0 bridgehead atoms. The Hall–Kier alpha value is -1.76. The van der Waals surface area contributed by atoms with Crippen LogP contribution in [0.4, 0.5) is 5.69 Å². The molecular weight excluding hydrogens is 377 g/mol. The van der Waals surface area contributed by atoms with E-state index in [9.17, 15) is 4.79 Å². The lowest BCUT2D eigenvalue weighted by Crippen LogP contribution is -2.36. The Kier molecular flexibility index (Phi) is 8.92. The van der Waals surface area contributed by atoms with Crippen LogP contribution >= 0.6 is 23.2 Å². The Labute approximate surface area is 164 Å². The molecule has 0 aliphatic rings. The first-order valence-electron chi connectivity index (χ1n) is 8.36. The Bertz CT molecular complexity index is 719. The number of hydrogen-bond acceptors (Lipinski definition) is 5. The van der Waals surface area contributed by atoms with Crippen molar-refractivity contribution in [2.24, 2.45) is 11.7 Å². The minimum Gasteiger partial charge on any atom is -0.494 e. The van der Waals surface area contributed by atoms with Crippen LogP contribution in [0.3, 0.4) is 0 Å². The first-order chi connectivity index (χ1) is 12.3. The summed E-state index contributed by atoms with van der Waals surface area (Å²) in [5.41, 5.74) is 6.68. The van der Waals surface area contributed by atoms with Crippen LogP contribution in [-0.4, -0.2) is 24.0 Å². The van der Waals surface area contributed by atoms with Crippen LogP contribution in [0, 0.1) is 5.92 Å². The lowest BCUT2D eigenvalue weighted by Gasteiger charge is -2.18. The van der Waals surface area contributed by atoms with E-state index in [2.05, 4.69) is 10.3 Å². The van der Waals surface area contributed by atoms with Crippen molar-refractivity contribution in [1.82, 2.24) is 4.98 Å². The molecular formula is C18H25Cl2N3O3. The molecule has 144 valence electrons. The number of nitrogens with two attached hydrogens (primary N) is 1. The van der Waals surface area contributed by atoms with E-state index in [-0.39, 0.29) is 21.6 Å². The number of anilines is 1. The maximum atomic E-state index is 12.2. The number of carbonyl (C=O) groups excluding carboxylic acids is 1. The van der Waals surface area contributed by atoms with Crippen molar-refractivity contribution in [3.05, 3.63) is 28.7 Å². The summed E-state index contributed by atoms with van der Waals surface area (Å²) in [5.74, 6) is 0.706. The molecule has 26 heavy (non-hydrogen) atoms. The minimum absolute atomic E-state index is 0.168. The van der Waals surface area contributed by atoms with Crippen LogP contribution in [0.2, 0.25) is 10.0 Å². The average molecular weight is 402 g/mol. The molecule has 0 radical (unpaired) electrons. The van der Waals surface area contributed by atoms with E-state index >= 15 is 0 Å². The largest absolute Gasteiger partial charge is 0.494 e. The molecule has 0 spiro atoms. The standard InChI is InChI=1S/C16H19Cl2N3O3.C2H6/c1-8(2)4-11(19)16(22)21-14-10(17)5-9(12-6-20-7-24-12)15(23-3)13(14)18;1-2/h5-8,11H,4,19H2,1-3H3,(H,21,22);1-2H3. The summed E-state index contributed by atoms with van der Waals surface area (Å²) >= 11 is 12.6. The fraction of sp³-hybridized carbons (Fsp3) is 0.444. The highest BCUT2D eigenvalue weighted by atomic mass is 35.5. The lowest BCUT2D eigenvalue weighted by molar-refractivity contribution is -0.117. The van der Waals surface area contributed by atoms with Gasteiger partial charge in [0.2, 0.25) is 5.91 Å². The minimum atomic E-state index is -0.655. The second-order valence-electron chi connectivity index (χ2n) is 5.72. The number of aromatic nitrogens is 1. The second-order valence-corrected chi connectivity index (χ2v) is 6.50. The normalized spacial score (nSPS) is 11.6. The van der Waals surface area contributed by atoms with Gasteiger partial charge in [0.15, 0.2) is 17.9 Å². The number of oxazole rings is 1. The summed E-state index contributed by atoms with van der Waals surface area (Å²) in [4.78, 5) is 16.1. The van der Waals surface area contributed by atoms with Gasteiger partial charge in [-0.1, -0.05) is 50.9 Å². The van der Waals surface area contributed by atoms with Gasteiger partial charge in [0.25, 0.3) is 0 Å². The van der Waals surface area contributed by atoms with Gasteiger partial charge in [-0.25, -0.2) is 4.98 Å². The molecule has 0 fully saturated rings. The third kappa shape index (κ3) is 5.37. The van der Waals surface area contributed by atoms with Gasteiger partial charge in [0.1, 0.15) is 5.02 Å². The molecule has 2 aromatic rings. The molecule has 0 aliphatic heterocycles. The lowest BCUT2D eigenvalue weighted by atomic mass is 10.0. The van der Waals surface area contributed by atoms with E-state index in [0.29, 0.717) is 29.4 Å². The second kappa shape index (κ2) is 10.4. The van der Waals surface area contributed by atoms with Gasteiger partial charge in [-0.2, -0.15) is 0 Å². The third-order valence-corrected chi connectivity index (χ3v) is 4.04. The van der Waals surface area contributed by atoms with Gasteiger partial charge < -0.3 is 20.2 Å². The van der Waals surface area contributed by atoms with E-state index in [4.69, 9.17) is 38.1 Å². The van der Waals surface area contributed by atoms with Gasteiger partial charge in [0.05, 0.1) is 35.6 Å². The summed E-state index contributed by atoms with van der Waals surface area (Å²) in [6, 6.07) is 0.938. The van der Waals surface area contributed by atoms with Crippen molar-refractivity contribution in [3.63, 3.8) is 0 Å². The predicted octanol–water partition coefficient (Wildman–Crippen LogP) is 5.00. The molecule has 6 nitrogen and oxygen atoms in total. The van der Waals surface area contributed by atoms with Crippen LogP contribution in [-0.2, 0) is 4.79 Å². The highest BCUT2D eigenvalue weighted by molar-refractivity contribution is 6.41. The van der Waals surface area contributed by atoms with Gasteiger partial charge in [-0.15, -0.1) is 0 Å². The molecule has 0 aliphatic carbocycles. The van der Waals surface area contributed by atoms with Crippen molar-refractivity contribution in [2.45, 2.75) is 40.2 Å². The van der Waals surface area contributed by atoms with Crippen molar-refractivity contribution < 1.29 is 13.9 Å². The van der Waals surface area contributed by atoms with Crippen LogP contribution in [0.25, 0.3) is 11.3 Å². The van der Waals surface area contributed by atoms with Gasteiger partial charge >= 0.3 is 0 Å². The molecule has 1 amide bonds. The number of halogens is 2. The highest BCUT2D eigenvalue weighted by Crippen LogP contribution is 2.45. The molecule has 0 saturated heterocycles. The summed E-state index contributed by atoms with van der Waals surface area (Å²) in [5, 5.41) is 3.09. The van der Waals surface area contributed by atoms with E-state index in [1.54, 1.807) is 6.07 Å². The summed E-state index contributed by atoms with van der Waals surface area (Å²) in [6.07, 6.45) is 3.35. The molecule has 1 atom stereocenters. The third-order valence-electron chi connectivity index (χ3n) is 3.39. The quantitative estimate of drug-likeness (QED) is 0.710. The summed E-state index contributed by atoms with van der Waals surface area (Å²) in [6.45, 7) is 7.98. The molecule has 1 unspecified atom stereocenters. The molecule has 8 heteroatoms. The van der Waals surface area contributed by atoms with E-state index in [1.165, 1.54) is 19.7 Å². The molecule has 1 heterocycles. The van der Waals surface area contributed by atoms with Crippen LogP contribution < -0.4 is 15.8 Å². The zero-order chi connectivity index (χ0) is 19.9. The number of ether oxygens (including phenoxy) is 1. The number of methoxy groups -OCH3 is 1. The van der Waals surface area contributed by atoms with E-state index < -0.39 is 6.04 Å². The van der Waals surface area contributed by atoms with E-state index in [0.717, 1.165) is 0 Å². The number of hydrogen-bond donors (Lipinski definition) is 2. The number of nitrogens with one attached hydrogen (secondary N) is 1. The fourth-order valence-electron chi connectivity index (χ4n) is 2.28. The molecule has 3 N–H and O–H groups in total. The Morgan fingerprint density at radius 1 is 1.38 bits per heavy atom. The van der Waals surface area contributed by atoms with Crippen molar-refractivity contribution >= 4 is 34.8 Å². The maximum absolute atomic E-state index is 12.2. The molecule has 1 aromatic heterocycles. The number of amides is 1. The smallest absolute Gasteiger partial charge is 0.241 e.